The van der Waals surface area contributed by atoms with Gasteiger partial charge in [-0.15, -0.1) is 0 Å². The maximum atomic E-state index is 13.3. The summed E-state index contributed by atoms with van der Waals surface area (Å²) in [6.07, 6.45) is 4.33. The van der Waals surface area contributed by atoms with E-state index in [1.54, 1.807) is 24.3 Å². The highest BCUT2D eigenvalue weighted by molar-refractivity contribution is 7.90. The second-order valence-electron chi connectivity index (χ2n) is 6.93. The quantitative estimate of drug-likeness (QED) is 0.642. The molecule has 2 rings (SSSR count). The van der Waals surface area contributed by atoms with E-state index in [4.69, 9.17) is 0 Å². The Kier molecular flexibility index (Phi) is 7.38. The number of nitrogens with zero attached hydrogens (tertiary/aromatic N) is 1. The number of amides is 1. The fourth-order valence-corrected chi connectivity index (χ4v) is 5.93. The molecule has 1 heterocycles. The highest BCUT2D eigenvalue weighted by atomic mass is 32.2. The molecule has 0 N–H and O–H groups in total. The van der Waals surface area contributed by atoms with Crippen LogP contribution in [-0.4, -0.2) is 35.7 Å². The van der Waals surface area contributed by atoms with Crippen molar-refractivity contribution >= 4 is 21.7 Å². The summed E-state index contributed by atoms with van der Waals surface area (Å²) in [7, 11) is -3.86. The highest BCUT2D eigenvalue weighted by Gasteiger charge is 2.42. The average Bonchev–Trinajstić information content (AvgIpc) is 2.83. The monoisotopic (exact) mass is 379 g/mol. The Bertz CT molecular complexity index is 709. The van der Waals surface area contributed by atoms with Gasteiger partial charge in [-0.2, -0.15) is 0 Å². The van der Waals surface area contributed by atoms with Gasteiger partial charge in [0.05, 0.1) is 5.25 Å². The third kappa shape index (κ3) is 4.53. The van der Waals surface area contributed by atoms with Crippen LogP contribution in [-0.2, 0) is 14.8 Å². The standard InChI is InChI=1S/C20H29NO4S/c1-3-10-17(11-4-2)26(24,25)21-18(14-8-9-15-19(21)22)20(23)16-12-6-5-7-13-16/h5-7,12-13,17-18H,3-4,8-11,14-15H2,1-2H3. The molecule has 1 aliphatic heterocycles. The Morgan fingerprint density at radius 1 is 1.12 bits per heavy atom. The Hall–Kier alpha value is -1.69. The van der Waals surface area contributed by atoms with Gasteiger partial charge in [-0.05, 0) is 25.7 Å². The van der Waals surface area contributed by atoms with Crippen molar-refractivity contribution in [2.45, 2.75) is 76.5 Å². The minimum absolute atomic E-state index is 0.183. The van der Waals surface area contributed by atoms with Crippen LogP contribution in [0.5, 0.6) is 0 Å². The zero-order chi connectivity index (χ0) is 19.2. The summed E-state index contributed by atoms with van der Waals surface area (Å²) in [4.78, 5) is 25.7. The van der Waals surface area contributed by atoms with Crippen LogP contribution >= 0.6 is 0 Å². The number of carbonyl (C=O) groups excluding carboxylic acids is 2. The lowest BCUT2D eigenvalue weighted by molar-refractivity contribution is -0.127. The van der Waals surface area contributed by atoms with Gasteiger partial charge in [0.25, 0.3) is 0 Å². The number of rotatable bonds is 8. The van der Waals surface area contributed by atoms with Crippen molar-refractivity contribution in [1.29, 1.82) is 0 Å². The lowest BCUT2D eigenvalue weighted by atomic mass is 10.0. The van der Waals surface area contributed by atoms with E-state index in [-0.39, 0.29) is 12.2 Å². The third-order valence-corrected chi connectivity index (χ3v) is 7.25. The normalized spacial score (nSPS) is 18.8. The Labute approximate surface area is 156 Å². The van der Waals surface area contributed by atoms with Crippen LogP contribution in [0, 0.1) is 0 Å². The first-order valence-electron chi connectivity index (χ1n) is 9.58. The van der Waals surface area contributed by atoms with Crippen LogP contribution in [0.25, 0.3) is 0 Å². The van der Waals surface area contributed by atoms with Crippen LogP contribution in [0.3, 0.4) is 0 Å². The Morgan fingerprint density at radius 2 is 1.73 bits per heavy atom. The number of hydrogen-bond acceptors (Lipinski definition) is 4. The van der Waals surface area contributed by atoms with Crippen molar-refractivity contribution in [2.75, 3.05) is 0 Å². The summed E-state index contributed by atoms with van der Waals surface area (Å²) in [5.74, 6) is -0.717. The smallest absolute Gasteiger partial charge is 0.240 e. The van der Waals surface area contributed by atoms with Crippen molar-refractivity contribution in [1.82, 2.24) is 4.31 Å². The number of sulfonamides is 1. The molecule has 0 spiro atoms. The maximum absolute atomic E-state index is 13.3. The van der Waals surface area contributed by atoms with Crippen LogP contribution < -0.4 is 0 Å². The van der Waals surface area contributed by atoms with E-state index in [0.29, 0.717) is 37.7 Å². The maximum Gasteiger partial charge on any atom is 0.240 e. The Balaban J connectivity index is 2.44. The summed E-state index contributed by atoms with van der Waals surface area (Å²) < 4.78 is 27.6. The molecule has 1 aliphatic rings. The predicted molar refractivity (Wildman–Crippen MR) is 102 cm³/mol. The molecule has 1 amide bonds. The van der Waals surface area contributed by atoms with Crippen LogP contribution in [0.4, 0.5) is 0 Å². The molecule has 1 aromatic rings. The predicted octanol–water partition coefficient (Wildman–Crippen LogP) is 3.94. The molecule has 1 unspecified atom stereocenters. The van der Waals surface area contributed by atoms with Crippen molar-refractivity contribution in [2.24, 2.45) is 0 Å². The molecule has 0 saturated carbocycles. The lowest BCUT2D eigenvalue weighted by Crippen LogP contribution is -2.51. The Morgan fingerprint density at radius 3 is 2.31 bits per heavy atom. The van der Waals surface area contributed by atoms with Crippen molar-refractivity contribution < 1.29 is 18.0 Å². The SMILES string of the molecule is CCCC(CCC)S(=O)(=O)N1C(=O)CCCCC1C(=O)c1ccccc1. The molecular weight excluding hydrogens is 350 g/mol. The zero-order valence-electron chi connectivity index (χ0n) is 15.7. The summed E-state index contributed by atoms with van der Waals surface area (Å²) in [6, 6.07) is 7.75. The molecule has 1 aromatic carbocycles. The van der Waals surface area contributed by atoms with Crippen LogP contribution in [0.1, 0.15) is 75.6 Å². The van der Waals surface area contributed by atoms with Crippen LogP contribution in [0.15, 0.2) is 30.3 Å². The topological polar surface area (TPSA) is 71.5 Å². The van der Waals surface area contributed by atoms with Gasteiger partial charge >= 0.3 is 0 Å². The van der Waals surface area contributed by atoms with Gasteiger partial charge in [0.2, 0.25) is 15.9 Å². The molecule has 1 fully saturated rings. The first-order valence-corrected chi connectivity index (χ1v) is 11.1. The first-order chi connectivity index (χ1) is 12.4. The van der Waals surface area contributed by atoms with Crippen molar-refractivity contribution in [3.8, 4) is 0 Å². The highest BCUT2D eigenvalue weighted by Crippen LogP contribution is 2.29. The van der Waals surface area contributed by atoms with E-state index in [1.165, 1.54) is 0 Å². The average molecular weight is 380 g/mol. The molecule has 5 nitrogen and oxygen atoms in total. The van der Waals surface area contributed by atoms with E-state index >= 15 is 0 Å². The van der Waals surface area contributed by atoms with E-state index < -0.39 is 27.2 Å². The van der Waals surface area contributed by atoms with Crippen LogP contribution in [0.2, 0.25) is 0 Å². The molecule has 0 aliphatic carbocycles. The molecule has 1 saturated heterocycles. The minimum atomic E-state index is -3.86. The number of carbonyl (C=O) groups is 2. The molecule has 0 radical (unpaired) electrons. The number of hydrogen-bond donors (Lipinski definition) is 0. The van der Waals surface area contributed by atoms with E-state index in [1.807, 2.05) is 19.9 Å². The molecular formula is C20H29NO4S. The summed E-state index contributed by atoms with van der Waals surface area (Å²) in [5, 5.41) is -0.606. The molecule has 0 bridgehead atoms. The van der Waals surface area contributed by atoms with Crippen molar-refractivity contribution in [3.63, 3.8) is 0 Å². The minimum Gasteiger partial charge on any atom is -0.292 e. The fourth-order valence-electron chi connectivity index (χ4n) is 3.61. The first kappa shape index (κ1) is 20.6. The number of benzene rings is 1. The molecule has 6 heteroatoms. The lowest BCUT2D eigenvalue weighted by Gasteiger charge is -2.32. The van der Waals surface area contributed by atoms with Gasteiger partial charge in [0.15, 0.2) is 5.78 Å². The summed E-state index contributed by atoms with van der Waals surface area (Å²) in [6.45, 7) is 3.88. The summed E-state index contributed by atoms with van der Waals surface area (Å²) >= 11 is 0. The number of ketones is 1. The van der Waals surface area contributed by atoms with Gasteiger partial charge in [0, 0.05) is 12.0 Å². The largest absolute Gasteiger partial charge is 0.292 e. The second-order valence-corrected chi connectivity index (χ2v) is 9.02. The third-order valence-electron chi connectivity index (χ3n) is 4.92. The van der Waals surface area contributed by atoms with Gasteiger partial charge in [0.1, 0.15) is 6.04 Å². The summed E-state index contributed by atoms with van der Waals surface area (Å²) in [5.41, 5.74) is 0.454. The fraction of sp³-hybridized carbons (Fsp3) is 0.600. The van der Waals surface area contributed by atoms with E-state index in [2.05, 4.69) is 0 Å². The van der Waals surface area contributed by atoms with Gasteiger partial charge in [-0.1, -0.05) is 63.4 Å². The molecule has 26 heavy (non-hydrogen) atoms. The second kappa shape index (κ2) is 9.31. The number of Topliss-reactive ketones (excluding diaryl/α,β-unsaturated/α-hetero) is 1. The van der Waals surface area contributed by atoms with Gasteiger partial charge in [-0.3, -0.25) is 9.59 Å². The van der Waals surface area contributed by atoms with E-state index in [9.17, 15) is 18.0 Å². The molecule has 1 atom stereocenters. The molecule has 144 valence electrons. The van der Waals surface area contributed by atoms with Gasteiger partial charge < -0.3 is 0 Å². The van der Waals surface area contributed by atoms with Gasteiger partial charge in [-0.25, -0.2) is 12.7 Å². The zero-order valence-corrected chi connectivity index (χ0v) is 16.5. The van der Waals surface area contributed by atoms with E-state index in [0.717, 1.165) is 17.1 Å². The van der Waals surface area contributed by atoms with Crippen molar-refractivity contribution in [3.05, 3.63) is 35.9 Å². The molecule has 0 aromatic heterocycles.